The Morgan fingerprint density at radius 1 is 1.00 bits per heavy atom. The van der Waals surface area contributed by atoms with Crippen LogP contribution in [0.25, 0.3) is 22.0 Å². The molecule has 4 aromatic rings. The fourth-order valence-electron chi connectivity index (χ4n) is 3.16. The number of hydrogen-bond acceptors (Lipinski definition) is 4. The van der Waals surface area contributed by atoms with Crippen molar-refractivity contribution in [3.05, 3.63) is 89.1 Å². The molecule has 0 fully saturated rings. The molecule has 0 aliphatic rings. The van der Waals surface area contributed by atoms with E-state index in [-0.39, 0.29) is 11.5 Å². The molecule has 2 heterocycles. The number of benzene rings is 2. The zero-order valence-corrected chi connectivity index (χ0v) is 16.0. The van der Waals surface area contributed by atoms with Crippen LogP contribution in [0.5, 0.6) is 0 Å². The van der Waals surface area contributed by atoms with Crippen LogP contribution in [0.1, 0.15) is 23.7 Å². The van der Waals surface area contributed by atoms with E-state index in [1.54, 1.807) is 35.3 Å². The number of nitrogens with one attached hydrogen (secondary N) is 1. The Balaban J connectivity index is 1.60. The lowest BCUT2D eigenvalue weighted by atomic mass is 10.1. The van der Waals surface area contributed by atoms with E-state index in [1.807, 2.05) is 49.4 Å². The second-order valence-electron chi connectivity index (χ2n) is 6.73. The number of rotatable bonds is 5. The molecule has 144 valence electrons. The van der Waals surface area contributed by atoms with Gasteiger partial charge in [0.2, 0.25) is 0 Å². The van der Waals surface area contributed by atoms with Gasteiger partial charge in [-0.1, -0.05) is 31.2 Å². The minimum Gasteiger partial charge on any atom is -0.307 e. The smallest absolute Gasteiger partial charge is 0.261 e. The molecule has 1 amide bonds. The number of aryl methyl sites for hydroxylation is 1. The molecule has 0 aliphatic heterocycles. The summed E-state index contributed by atoms with van der Waals surface area (Å²) in [5.41, 5.74) is 2.93. The van der Waals surface area contributed by atoms with Gasteiger partial charge in [-0.25, -0.2) is 9.97 Å². The Labute approximate surface area is 167 Å². The average molecular weight is 384 g/mol. The Morgan fingerprint density at radius 2 is 1.79 bits per heavy atom. The molecule has 0 atom stereocenters. The molecule has 6 heteroatoms. The van der Waals surface area contributed by atoms with E-state index < -0.39 is 0 Å². The average Bonchev–Trinajstić information content (AvgIpc) is 2.77. The van der Waals surface area contributed by atoms with Crippen LogP contribution in [0.2, 0.25) is 0 Å². The van der Waals surface area contributed by atoms with E-state index in [4.69, 9.17) is 0 Å². The summed E-state index contributed by atoms with van der Waals surface area (Å²) in [6, 6.07) is 18.2. The van der Waals surface area contributed by atoms with Crippen LogP contribution >= 0.6 is 0 Å². The van der Waals surface area contributed by atoms with E-state index in [1.165, 1.54) is 0 Å². The van der Waals surface area contributed by atoms with Crippen LogP contribution in [0.4, 0.5) is 5.82 Å². The third kappa shape index (κ3) is 3.91. The van der Waals surface area contributed by atoms with Crippen molar-refractivity contribution in [2.24, 2.45) is 0 Å². The van der Waals surface area contributed by atoms with Gasteiger partial charge < -0.3 is 5.32 Å². The largest absolute Gasteiger partial charge is 0.307 e. The maximum Gasteiger partial charge on any atom is 0.261 e. The zero-order valence-electron chi connectivity index (χ0n) is 16.0. The number of amides is 1. The van der Waals surface area contributed by atoms with E-state index in [2.05, 4.69) is 15.3 Å². The molecule has 0 radical (unpaired) electrons. The number of fused-ring (bicyclic) bond motifs is 1. The molecular formula is C23H20N4O2. The van der Waals surface area contributed by atoms with Crippen molar-refractivity contribution in [1.82, 2.24) is 14.5 Å². The van der Waals surface area contributed by atoms with Crippen LogP contribution in [0, 0.1) is 0 Å². The highest BCUT2D eigenvalue weighted by atomic mass is 16.1. The van der Waals surface area contributed by atoms with Crippen LogP contribution in [-0.4, -0.2) is 20.4 Å². The topological polar surface area (TPSA) is 76.9 Å². The summed E-state index contributed by atoms with van der Waals surface area (Å²) in [5, 5.41) is 3.37. The third-order valence-electron chi connectivity index (χ3n) is 4.66. The maximum atomic E-state index is 12.7. The van der Waals surface area contributed by atoms with Gasteiger partial charge in [0.05, 0.1) is 17.2 Å². The molecule has 0 spiro atoms. The molecule has 2 aromatic heterocycles. The Kier molecular flexibility index (Phi) is 5.16. The lowest BCUT2D eigenvalue weighted by Gasteiger charge is -2.08. The lowest BCUT2D eigenvalue weighted by molar-refractivity contribution is 0.102. The molecule has 0 bridgehead atoms. The standard InChI is InChI=1S/C23H20N4O2/c1-2-12-27-15-25-20-10-8-17(13-19(20)23(27)29)18-9-11-21(24-14-18)26-22(28)16-6-4-3-5-7-16/h3-11,13-15H,2,12H2,1H3,(H,24,26,28). The van der Waals surface area contributed by atoms with Crippen molar-refractivity contribution < 1.29 is 4.79 Å². The highest BCUT2D eigenvalue weighted by Gasteiger charge is 2.08. The molecular weight excluding hydrogens is 364 g/mol. The molecule has 0 aliphatic carbocycles. The van der Waals surface area contributed by atoms with Crippen LogP contribution < -0.4 is 10.9 Å². The minimum absolute atomic E-state index is 0.0431. The quantitative estimate of drug-likeness (QED) is 0.561. The summed E-state index contributed by atoms with van der Waals surface area (Å²) in [6.45, 7) is 2.67. The predicted octanol–water partition coefficient (Wildman–Crippen LogP) is 4.12. The summed E-state index contributed by atoms with van der Waals surface area (Å²) >= 11 is 0. The summed E-state index contributed by atoms with van der Waals surface area (Å²) in [7, 11) is 0. The first-order chi connectivity index (χ1) is 14.2. The first-order valence-electron chi connectivity index (χ1n) is 9.48. The summed E-state index contributed by atoms with van der Waals surface area (Å²) in [5.74, 6) is 0.259. The highest BCUT2D eigenvalue weighted by Crippen LogP contribution is 2.22. The van der Waals surface area contributed by atoms with Crippen molar-refractivity contribution >= 4 is 22.6 Å². The van der Waals surface area contributed by atoms with Gasteiger partial charge in [-0.3, -0.25) is 14.2 Å². The van der Waals surface area contributed by atoms with Gasteiger partial charge >= 0.3 is 0 Å². The number of nitrogens with zero attached hydrogens (tertiary/aromatic N) is 3. The minimum atomic E-state index is -0.209. The Bertz CT molecular complexity index is 1220. The van der Waals surface area contributed by atoms with Gasteiger partial charge in [-0.2, -0.15) is 0 Å². The third-order valence-corrected chi connectivity index (χ3v) is 4.66. The molecule has 1 N–H and O–H groups in total. The highest BCUT2D eigenvalue weighted by molar-refractivity contribution is 6.03. The summed E-state index contributed by atoms with van der Waals surface area (Å²) in [6.07, 6.45) is 4.15. The van der Waals surface area contributed by atoms with Crippen molar-refractivity contribution in [2.45, 2.75) is 19.9 Å². The van der Waals surface area contributed by atoms with E-state index in [9.17, 15) is 9.59 Å². The van der Waals surface area contributed by atoms with Gasteiger partial charge in [0.1, 0.15) is 5.82 Å². The number of aromatic nitrogens is 3. The van der Waals surface area contributed by atoms with Crippen molar-refractivity contribution in [3.8, 4) is 11.1 Å². The van der Waals surface area contributed by atoms with E-state index in [0.717, 1.165) is 17.5 Å². The van der Waals surface area contributed by atoms with E-state index >= 15 is 0 Å². The summed E-state index contributed by atoms with van der Waals surface area (Å²) in [4.78, 5) is 33.6. The molecule has 0 unspecified atom stereocenters. The number of anilines is 1. The van der Waals surface area contributed by atoms with Gasteiger partial charge in [0.25, 0.3) is 11.5 Å². The molecule has 29 heavy (non-hydrogen) atoms. The lowest BCUT2D eigenvalue weighted by Crippen LogP contribution is -2.20. The van der Waals surface area contributed by atoms with Gasteiger partial charge in [-0.15, -0.1) is 0 Å². The van der Waals surface area contributed by atoms with Crippen molar-refractivity contribution in [3.63, 3.8) is 0 Å². The molecule has 0 saturated heterocycles. The van der Waals surface area contributed by atoms with Crippen LogP contribution in [0.3, 0.4) is 0 Å². The second kappa shape index (κ2) is 8.06. The number of hydrogen-bond donors (Lipinski definition) is 1. The number of pyridine rings is 1. The number of carbonyl (C=O) groups is 1. The normalized spacial score (nSPS) is 10.8. The summed E-state index contributed by atoms with van der Waals surface area (Å²) < 4.78 is 1.63. The van der Waals surface area contributed by atoms with E-state index in [0.29, 0.717) is 28.8 Å². The molecule has 2 aromatic carbocycles. The molecule has 0 saturated carbocycles. The van der Waals surface area contributed by atoms with Gasteiger partial charge in [0.15, 0.2) is 0 Å². The van der Waals surface area contributed by atoms with Crippen molar-refractivity contribution in [2.75, 3.05) is 5.32 Å². The zero-order chi connectivity index (χ0) is 20.2. The Hall–Kier alpha value is -3.80. The SMILES string of the molecule is CCCn1cnc2ccc(-c3ccc(NC(=O)c4ccccc4)nc3)cc2c1=O. The van der Waals surface area contributed by atoms with Gasteiger partial charge in [0, 0.05) is 23.9 Å². The Morgan fingerprint density at radius 3 is 2.52 bits per heavy atom. The second-order valence-corrected chi connectivity index (χ2v) is 6.73. The first kappa shape index (κ1) is 18.6. The van der Waals surface area contributed by atoms with Crippen LogP contribution in [0.15, 0.2) is 78.0 Å². The molecule has 6 nitrogen and oxygen atoms in total. The number of carbonyl (C=O) groups excluding carboxylic acids is 1. The fraction of sp³-hybridized carbons (Fsp3) is 0.130. The van der Waals surface area contributed by atoms with Crippen molar-refractivity contribution in [1.29, 1.82) is 0 Å². The van der Waals surface area contributed by atoms with Crippen LogP contribution in [-0.2, 0) is 6.54 Å². The maximum absolute atomic E-state index is 12.7. The predicted molar refractivity (Wildman–Crippen MR) is 114 cm³/mol. The first-order valence-corrected chi connectivity index (χ1v) is 9.48. The monoisotopic (exact) mass is 384 g/mol. The fourth-order valence-corrected chi connectivity index (χ4v) is 3.16. The molecule has 4 rings (SSSR count). The van der Waals surface area contributed by atoms with Gasteiger partial charge in [-0.05, 0) is 48.4 Å².